The molecule has 5 heteroatoms. The van der Waals surface area contributed by atoms with Crippen LogP contribution in [-0.4, -0.2) is 13.0 Å². The first-order chi connectivity index (χ1) is 11.5. The second-order valence-corrected chi connectivity index (χ2v) is 7.88. The first-order valence-corrected chi connectivity index (χ1v) is 10.4. The molecule has 0 fully saturated rings. The Kier molecular flexibility index (Phi) is 10.4. The molecule has 2 aromatic carbocycles. The molecule has 0 aliphatic heterocycles. The molecule has 3 nitrogen and oxygen atoms in total. The van der Waals surface area contributed by atoms with Gasteiger partial charge in [0.2, 0.25) is 0 Å². The van der Waals surface area contributed by atoms with Gasteiger partial charge in [0.05, 0.1) is 4.90 Å². The van der Waals surface area contributed by atoms with Gasteiger partial charge in [-0.2, -0.15) is 0 Å². The monoisotopic (exact) mass is 386 g/mol. The van der Waals surface area contributed by atoms with Crippen LogP contribution in [0.25, 0.3) is 10.8 Å². The van der Waals surface area contributed by atoms with Gasteiger partial charge in [-0.3, -0.25) is 0 Å². The van der Waals surface area contributed by atoms with Crippen molar-refractivity contribution in [3.05, 3.63) is 41.5 Å². The van der Waals surface area contributed by atoms with E-state index < -0.39 is 10.1 Å². The fourth-order valence-electron chi connectivity index (χ4n) is 3.12. The first kappa shape index (κ1) is 23.3. The third-order valence-corrected chi connectivity index (χ3v) is 5.35. The Hall–Kier alpha value is 0.246. The van der Waals surface area contributed by atoms with Crippen molar-refractivity contribution in [3.8, 4) is 0 Å². The molecule has 0 aromatic heterocycles. The molecule has 2 aromatic rings. The summed E-state index contributed by atoms with van der Waals surface area (Å²) in [4.78, 5) is -0.145. The summed E-state index contributed by atoms with van der Waals surface area (Å²) in [5.74, 6) is 0. The molecule has 0 saturated heterocycles. The van der Waals surface area contributed by atoms with E-state index in [4.69, 9.17) is 0 Å². The zero-order chi connectivity index (χ0) is 17.6. The van der Waals surface area contributed by atoms with Crippen LogP contribution in [0.2, 0.25) is 0 Å². The van der Waals surface area contributed by atoms with E-state index in [0.717, 1.165) is 30.0 Å². The minimum Gasteiger partial charge on any atom is -0.744 e. The van der Waals surface area contributed by atoms with E-state index in [9.17, 15) is 13.0 Å². The maximum atomic E-state index is 11.3. The molecule has 0 amide bonds. The van der Waals surface area contributed by atoms with Gasteiger partial charge in [-0.25, -0.2) is 8.42 Å². The van der Waals surface area contributed by atoms with Crippen LogP contribution < -0.4 is 51.4 Å². The van der Waals surface area contributed by atoms with Crippen LogP contribution >= 0.6 is 0 Å². The minimum atomic E-state index is -4.41. The summed E-state index contributed by atoms with van der Waals surface area (Å²) in [5.41, 5.74) is 2.66. The van der Waals surface area contributed by atoms with Gasteiger partial charge in [-0.15, -0.1) is 0 Å². The largest absolute Gasteiger partial charge is 1.00 e. The molecule has 132 valence electrons. The zero-order valence-electron chi connectivity index (χ0n) is 15.7. The van der Waals surface area contributed by atoms with E-state index in [1.165, 1.54) is 55.4 Å². The predicted octanol–water partition coefficient (Wildman–Crippen LogP) is 2.21. The molecule has 0 aliphatic rings. The third kappa shape index (κ3) is 7.05. The Morgan fingerprint density at radius 1 is 0.800 bits per heavy atom. The van der Waals surface area contributed by atoms with Crippen molar-refractivity contribution < 1.29 is 64.4 Å². The molecule has 0 aliphatic carbocycles. The maximum absolute atomic E-state index is 11.3. The summed E-state index contributed by atoms with van der Waals surface area (Å²) in [6, 6.07) is 8.93. The Morgan fingerprint density at radius 3 is 1.80 bits per heavy atom. The Labute approximate surface area is 194 Å². The second kappa shape index (κ2) is 11.2. The summed E-state index contributed by atoms with van der Waals surface area (Å²) in [6.45, 7) is 4.39. The van der Waals surface area contributed by atoms with Gasteiger partial charge in [-0.05, 0) is 59.7 Å². The van der Waals surface area contributed by atoms with Crippen LogP contribution in [0.3, 0.4) is 0 Å². The quantitative estimate of drug-likeness (QED) is 0.377. The number of fused-ring (bicyclic) bond motifs is 1. The van der Waals surface area contributed by atoms with Crippen molar-refractivity contribution in [2.45, 2.75) is 70.1 Å². The fourth-order valence-corrected chi connectivity index (χ4v) is 3.63. The molecule has 0 saturated carbocycles. The van der Waals surface area contributed by atoms with E-state index in [1.54, 1.807) is 6.07 Å². The van der Waals surface area contributed by atoms with Crippen LogP contribution in [0.15, 0.2) is 35.2 Å². The zero-order valence-corrected chi connectivity index (χ0v) is 19.6. The molecule has 25 heavy (non-hydrogen) atoms. The van der Waals surface area contributed by atoms with E-state index in [-0.39, 0.29) is 56.3 Å². The van der Waals surface area contributed by atoms with Crippen LogP contribution in [0.1, 0.15) is 63.5 Å². The Bertz CT molecular complexity index is 785. The van der Waals surface area contributed by atoms with E-state index in [1.807, 2.05) is 0 Å². The number of benzene rings is 2. The molecule has 0 heterocycles. The summed E-state index contributed by atoms with van der Waals surface area (Å²) < 4.78 is 33.8. The average Bonchev–Trinajstić information content (AvgIpc) is 2.54. The smallest absolute Gasteiger partial charge is 0.744 e. The van der Waals surface area contributed by atoms with Crippen molar-refractivity contribution in [3.63, 3.8) is 0 Å². The van der Waals surface area contributed by atoms with Crippen molar-refractivity contribution in [2.24, 2.45) is 0 Å². The number of hydrogen-bond donors (Lipinski definition) is 0. The van der Waals surface area contributed by atoms with Crippen molar-refractivity contribution in [1.29, 1.82) is 0 Å². The second-order valence-electron chi connectivity index (χ2n) is 6.50. The number of aryl methyl sites for hydroxylation is 2. The Balaban J connectivity index is 0.00000312. The molecule has 0 N–H and O–H groups in total. The molecule has 0 atom stereocenters. The first-order valence-electron chi connectivity index (χ1n) is 8.97. The van der Waals surface area contributed by atoms with Gasteiger partial charge >= 0.3 is 51.4 Å². The van der Waals surface area contributed by atoms with E-state index in [2.05, 4.69) is 26.0 Å². The fraction of sp³-hybridized carbons (Fsp3) is 0.500. The summed E-state index contributed by atoms with van der Waals surface area (Å²) in [7, 11) is -4.41. The third-order valence-electron chi connectivity index (χ3n) is 4.52. The van der Waals surface area contributed by atoms with Crippen LogP contribution in [0.5, 0.6) is 0 Å². The molecule has 0 unspecified atom stereocenters. The SMILES string of the molecule is CCCCCc1cc2ccc(S(=O)(=O)[O-])cc2cc1CCCCC.[K+]. The number of hydrogen-bond acceptors (Lipinski definition) is 3. The van der Waals surface area contributed by atoms with Gasteiger partial charge in [-0.1, -0.05) is 57.7 Å². The van der Waals surface area contributed by atoms with Gasteiger partial charge in [0.25, 0.3) is 0 Å². The van der Waals surface area contributed by atoms with Gasteiger partial charge in [0.15, 0.2) is 0 Å². The van der Waals surface area contributed by atoms with Crippen LogP contribution in [-0.2, 0) is 23.0 Å². The van der Waals surface area contributed by atoms with Crippen molar-refractivity contribution in [1.82, 2.24) is 0 Å². The topological polar surface area (TPSA) is 57.2 Å². The molecule has 0 bridgehead atoms. The molecule has 0 spiro atoms. The average molecular weight is 387 g/mol. The Morgan fingerprint density at radius 2 is 1.32 bits per heavy atom. The number of unbranched alkanes of at least 4 members (excludes halogenated alkanes) is 4. The molecule has 0 radical (unpaired) electrons. The normalized spacial score (nSPS) is 11.5. The van der Waals surface area contributed by atoms with Gasteiger partial charge < -0.3 is 4.55 Å². The van der Waals surface area contributed by atoms with Crippen LogP contribution in [0.4, 0.5) is 0 Å². The maximum Gasteiger partial charge on any atom is 1.00 e. The standard InChI is InChI=1S/C20H28O3S.K/c1-3-5-7-9-16-13-18-11-12-20(24(21,22)23)15-19(18)14-17(16)10-8-6-4-2;/h11-15H,3-10H2,1-2H3,(H,21,22,23);/q;+1/p-1. The van der Waals surface area contributed by atoms with E-state index >= 15 is 0 Å². The van der Waals surface area contributed by atoms with Crippen molar-refractivity contribution in [2.75, 3.05) is 0 Å². The van der Waals surface area contributed by atoms with Crippen molar-refractivity contribution >= 4 is 20.9 Å². The minimum absolute atomic E-state index is 0. The van der Waals surface area contributed by atoms with Gasteiger partial charge in [0.1, 0.15) is 10.1 Å². The van der Waals surface area contributed by atoms with E-state index in [0.29, 0.717) is 0 Å². The number of rotatable bonds is 9. The van der Waals surface area contributed by atoms with Gasteiger partial charge in [0, 0.05) is 0 Å². The summed E-state index contributed by atoms with van der Waals surface area (Å²) in [6.07, 6.45) is 9.19. The molecular formula is C20H27KO3S. The summed E-state index contributed by atoms with van der Waals surface area (Å²) >= 11 is 0. The summed E-state index contributed by atoms with van der Waals surface area (Å²) in [5, 5.41) is 1.85. The molecular weight excluding hydrogens is 359 g/mol. The predicted molar refractivity (Wildman–Crippen MR) is 98.4 cm³/mol. The van der Waals surface area contributed by atoms with Crippen LogP contribution in [0, 0.1) is 0 Å². The molecule has 2 rings (SSSR count).